The zero-order valence-electron chi connectivity index (χ0n) is 11.4. The van der Waals surface area contributed by atoms with Crippen molar-refractivity contribution in [3.8, 4) is 0 Å². The van der Waals surface area contributed by atoms with Crippen molar-refractivity contribution in [2.24, 2.45) is 0 Å². The number of thioether (sulfide) groups is 1. The Morgan fingerprint density at radius 1 is 1.24 bits per heavy atom. The molecule has 21 heavy (non-hydrogen) atoms. The van der Waals surface area contributed by atoms with E-state index in [2.05, 4.69) is 0 Å². The maximum absolute atomic E-state index is 12.4. The first-order valence-corrected chi connectivity index (χ1v) is 8.38. The number of hydrogen-bond acceptors (Lipinski definition) is 5. The van der Waals surface area contributed by atoms with E-state index in [1.54, 1.807) is 6.26 Å². The molecule has 0 unspecified atom stereocenters. The summed E-state index contributed by atoms with van der Waals surface area (Å²) in [6.45, 7) is 2.19. The summed E-state index contributed by atoms with van der Waals surface area (Å²) in [7, 11) is 0. The standard InChI is InChI=1S/C15H13NO3S2/c1-2-16-14(17)12(11-6-4-8-20-11)13(15(16)18)21-9-10-5-3-7-19-10/h3-8H,2,9H2,1H3. The van der Waals surface area contributed by atoms with E-state index >= 15 is 0 Å². The Morgan fingerprint density at radius 3 is 2.71 bits per heavy atom. The zero-order valence-corrected chi connectivity index (χ0v) is 13.0. The smallest absolute Gasteiger partial charge is 0.268 e. The summed E-state index contributed by atoms with van der Waals surface area (Å²) < 4.78 is 5.28. The minimum absolute atomic E-state index is 0.202. The number of rotatable bonds is 5. The van der Waals surface area contributed by atoms with Gasteiger partial charge in [-0.1, -0.05) is 6.07 Å². The fourth-order valence-corrected chi connectivity index (χ4v) is 4.01. The first-order valence-electron chi connectivity index (χ1n) is 6.52. The number of hydrogen-bond donors (Lipinski definition) is 0. The maximum Gasteiger partial charge on any atom is 0.268 e. The fourth-order valence-electron chi connectivity index (χ4n) is 2.15. The molecule has 0 saturated carbocycles. The second kappa shape index (κ2) is 5.91. The minimum Gasteiger partial charge on any atom is -0.468 e. The highest BCUT2D eigenvalue weighted by molar-refractivity contribution is 8.03. The number of carbonyl (C=O) groups is 2. The van der Waals surface area contributed by atoms with Gasteiger partial charge in [-0.2, -0.15) is 0 Å². The van der Waals surface area contributed by atoms with Gasteiger partial charge in [0.05, 0.1) is 22.5 Å². The van der Waals surface area contributed by atoms with E-state index in [4.69, 9.17) is 4.42 Å². The van der Waals surface area contributed by atoms with Crippen LogP contribution < -0.4 is 0 Å². The van der Waals surface area contributed by atoms with Gasteiger partial charge in [0.25, 0.3) is 11.8 Å². The highest BCUT2D eigenvalue weighted by Crippen LogP contribution is 2.38. The summed E-state index contributed by atoms with van der Waals surface area (Å²) in [5.74, 6) is 0.913. The van der Waals surface area contributed by atoms with E-state index < -0.39 is 0 Å². The van der Waals surface area contributed by atoms with E-state index in [-0.39, 0.29) is 11.8 Å². The lowest BCUT2D eigenvalue weighted by atomic mass is 10.2. The molecule has 3 heterocycles. The third-order valence-corrected chi connectivity index (χ3v) is 5.13. The molecule has 108 valence electrons. The van der Waals surface area contributed by atoms with E-state index in [0.29, 0.717) is 22.8 Å². The van der Waals surface area contributed by atoms with Gasteiger partial charge < -0.3 is 4.42 Å². The molecule has 2 aromatic rings. The molecule has 2 aromatic heterocycles. The van der Waals surface area contributed by atoms with Gasteiger partial charge in [0.15, 0.2) is 0 Å². The molecule has 0 aromatic carbocycles. The molecule has 0 spiro atoms. The van der Waals surface area contributed by atoms with E-state index in [1.807, 2.05) is 36.6 Å². The molecule has 0 aliphatic carbocycles. The molecule has 1 aliphatic heterocycles. The third kappa shape index (κ3) is 2.56. The molecule has 0 saturated heterocycles. The van der Waals surface area contributed by atoms with Crippen LogP contribution in [0.2, 0.25) is 0 Å². The quantitative estimate of drug-likeness (QED) is 0.793. The lowest BCUT2D eigenvalue weighted by Crippen LogP contribution is -2.30. The number of furan rings is 1. The van der Waals surface area contributed by atoms with Crippen molar-refractivity contribution in [2.75, 3.05) is 6.54 Å². The van der Waals surface area contributed by atoms with Crippen LogP contribution in [0.5, 0.6) is 0 Å². The Labute approximate surface area is 130 Å². The largest absolute Gasteiger partial charge is 0.468 e. The van der Waals surface area contributed by atoms with Crippen LogP contribution in [0, 0.1) is 0 Å². The van der Waals surface area contributed by atoms with Crippen LogP contribution in [-0.2, 0) is 15.3 Å². The van der Waals surface area contributed by atoms with E-state index in [9.17, 15) is 9.59 Å². The second-order valence-electron chi connectivity index (χ2n) is 4.40. The van der Waals surface area contributed by atoms with Crippen LogP contribution in [0.15, 0.2) is 45.2 Å². The van der Waals surface area contributed by atoms with Gasteiger partial charge in [-0.25, -0.2) is 0 Å². The number of nitrogens with zero attached hydrogens (tertiary/aromatic N) is 1. The first-order chi connectivity index (χ1) is 10.2. The predicted molar refractivity (Wildman–Crippen MR) is 83.6 cm³/mol. The van der Waals surface area contributed by atoms with Crippen molar-refractivity contribution in [2.45, 2.75) is 12.7 Å². The molecule has 6 heteroatoms. The molecule has 2 amide bonds. The molecule has 0 atom stereocenters. The Hall–Kier alpha value is -1.79. The molecular formula is C15H13NO3S2. The summed E-state index contributed by atoms with van der Waals surface area (Å²) in [4.78, 5) is 27.5. The second-order valence-corrected chi connectivity index (χ2v) is 6.34. The highest BCUT2D eigenvalue weighted by atomic mass is 32.2. The zero-order chi connectivity index (χ0) is 14.8. The fraction of sp³-hybridized carbons (Fsp3) is 0.200. The molecule has 0 radical (unpaired) electrons. The van der Waals surface area contributed by atoms with Gasteiger partial charge in [-0.3, -0.25) is 14.5 Å². The van der Waals surface area contributed by atoms with Crippen molar-refractivity contribution in [1.82, 2.24) is 4.90 Å². The van der Waals surface area contributed by atoms with Gasteiger partial charge in [0.2, 0.25) is 0 Å². The Kier molecular flexibility index (Phi) is 3.98. The number of imide groups is 1. The van der Waals surface area contributed by atoms with Crippen LogP contribution in [0.1, 0.15) is 17.6 Å². The number of thiophene rings is 1. The molecule has 1 aliphatic rings. The monoisotopic (exact) mass is 319 g/mol. The lowest BCUT2D eigenvalue weighted by molar-refractivity contribution is -0.136. The summed E-state index contributed by atoms with van der Waals surface area (Å²) in [5.41, 5.74) is 0.522. The van der Waals surface area contributed by atoms with Crippen LogP contribution in [0.4, 0.5) is 0 Å². The lowest BCUT2D eigenvalue weighted by Gasteiger charge is -2.10. The Bertz CT molecular complexity index is 687. The van der Waals surface area contributed by atoms with Crippen LogP contribution in [0.3, 0.4) is 0 Å². The maximum atomic E-state index is 12.4. The Balaban J connectivity index is 1.94. The van der Waals surface area contributed by atoms with E-state index in [0.717, 1.165) is 10.6 Å². The van der Waals surface area contributed by atoms with Crippen molar-refractivity contribution in [1.29, 1.82) is 0 Å². The van der Waals surface area contributed by atoms with Gasteiger partial charge in [0.1, 0.15) is 5.76 Å². The van der Waals surface area contributed by atoms with Crippen molar-refractivity contribution < 1.29 is 14.0 Å². The van der Waals surface area contributed by atoms with Crippen LogP contribution in [0.25, 0.3) is 5.57 Å². The number of carbonyl (C=O) groups excluding carboxylic acids is 2. The Morgan fingerprint density at radius 2 is 2.10 bits per heavy atom. The number of likely N-dealkylation sites (N-methyl/N-ethyl adjacent to an activating group) is 1. The molecule has 0 fully saturated rings. The molecule has 0 bridgehead atoms. The average molecular weight is 319 g/mol. The SMILES string of the molecule is CCN1C(=O)C(SCc2ccco2)=C(c2cccs2)C1=O. The highest BCUT2D eigenvalue weighted by Gasteiger charge is 2.38. The predicted octanol–water partition coefficient (Wildman–Crippen LogP) is 3.37. The summed E-state index contributed by atoms with van der Waals surface area (Å²) in [6.07, 6.45) is 1.60. The summed E-state index contributed by atoms with van der Waals surface area (Å²) in [5, 5.41) is 1.91. The minimum atomic E-state index is -0.206. The van der Waals surface area contributed by atoms with Gasteiger partial charge >= 0.3 is 0 Å². The molecule has 3 rings (SSSR count). The summed E-state index contributed by atoms with van der Waals surface area (Å²) >= 11 is 2.83. The molecule has 4 nitrogen and oxygen atoms in total. The van der Waals surface area contributed by atoms with Gasteiger partial charge in [0, 0.05) is 11.4 Å². The molecular weight excluding hydrogens is 306 g/mol. The van der Waals surface area contributed by atoms with Gasteiger partial charge in [-0.05, 0) is 30.5 Å². The molecule has 0 N–H and O–H groups in total. The normalized spacial score (nSPS) is 15.4. The van der Waals surface area contributed by atoms with Crippen molar-refractivity contribution in [3.63, 3.8) is 0 Å². The van der Waals surface area contributed by atoms with Crippen LogP contribution in [-0.4, -0.2) is 23.3 Å². The topological polar surface area (TPSA) is 50.5 Å². The van der Waals surface area contributed by atoms with Crippen molar-refractivity contribution in [3.05, 3.63) is 51.5 Å². The van der Waals surface area contributed by atoms with Crippen LogP contribution >= 0.6 is 23.1 Å². The number of amides is 2. The average Bonchev–Trinajstić information content (AvgIpc) is 3.19. The first kappa shape index (κ1) is 14.2. The van der Waals surface area contributed by atoms with Crippen molar-refractivity contribution >= 4 is 40.5 Å². The summed E-state index contributed by atoms with van der Waals surface area (Å²) in [6, 6.07) is 7.42. The van der Waals surface area contributed by atoms with E-state index in [1.165, 1.54) is 28.0 Å². The third-order valence-electron chi connectivity index (χ3n) is 3.15. The van der Waals surface area contributed by atoms with Gasteiger partial charge in [-0.15, -0.1) is 23.1 Å².